The molecule has 26 heavy (non-hydrogen) atoms. The van der Waals surface area contributed by atoms with Crippen LogP contribution in [0.15, 0.2) is 42.5 Å². The molecule has 0 fully saturated rings. The number of nitrogens with zero attached hydrogens (tertiary/aromatic N) is 1. The molecule has 2 aromatic carbocycles. The number of Topliss-reactive ketones (excluding diaryl/α,β-unsaturated/α-hetero) is 1. The Labute approximate surface area is 153 Å². The second kappa shape index (κ2) is 8.41. The molecule has 1 unspecified atom stereocenters. The topological polar surface area (TPSA) is 119 Å². The van der Waals surface area contributed by atoms with Crippen LogP contribution >= 0.6 is 11.6 Å². The lowest BCUT2D eigenvalue weighted by molar-refractivity contribution is -0.385. The molecule has 0 amide bonds. The second-order valence-electron chi connectivity index (χ2n) is 5.15. The lowest BCUT2D eigenvalue weighted by Crippen LogP contribution is -2.33. The minimum absolute atomic E-state index is 0.0863. The van der Waals surface area contributed by atoms with Gasteiger partial charge in [0.1, 0.15) is 5.56 Å². The molecule has 0 bridgehead atoms. The molecular formula is C17H15ClN2O6. The van der Waals surface area contributed by atoms with Crippen LogP contribution in [0.3, 0.4) is 0 Å². The first-order chi connectivity index (χ1) is 12.3. The normalized spacial score (nSPS) is 11.6. The number of ether oxygens (including phenoxy) is 1. The summed E-state index contributed by atoms with van der Waals surface area (Å²) >= 11 is 5.77. The third kappa shape index (κ3) is 4.56. The van der Waals surface area contributed by atoms with Gasteiger partial charge in [-0.2, -0.15) is 0 Å². The summed E-state index contributed by atoms with van der Waals surface area (Å²) in [6.45, 7) is 1.85. The van der Waals surface area contributed by atoms with E-state index in [1.54, 1.807) is 6.92 Å². The Morgan fingerprint density at radius 1 is 1.27 bits per heavy atom. The van der Waals surface area contributed by atoms with Crippen molar-refractivity contribution in [2.24, 2.45) is 0 Å². The molecular weight excluding hydrogens is 364 g/mol. The first kappa shape index (κ1) is 19.4. The molecule has 0 aromatic heterocycles. The summed E-state index contributed by atoms with van der Waals surface area (Å²) < 4.78 is 5.37. The van der Waals surface area contributed by atoms with Crippen molar-refractivity contribution in [1.29, 1.82) is 0 Å². The van der Waals surface area contributed by atoms with Crippen molar-refractivity contribution in [1.82, 2.24) is 0 Å². The fraction of sp³-hybridized carbons (Fsp3) is 0.176. The SMILES string of the molecule is CCOC(Nc1ccc(C(=O)O)cc1)C(=O)c1ccc(Cl)cc1[N+](=O)[O-]. The fourth-order valence-corrected chi connectivity index (χ4v) is 2.38. The molecule has 0 spiro atoms. The number of nitrogens with one attached hydrogen (secondary N) is 1. The number of hydrogen-bond acceptors (Lipinski definition) is 6. The summed E-state index contributed by atoms with van der Waals surface area (Å²) in [7, 11) is 0. The first-order valence-electron chi connectivity index (χ1n) is 7.53. The molecule has 0 saturated carbocycles. The zero-order valence-corrected chi connectivity index (χ0v) is 14.4. The van der Waals surface area contributed by atoms with Gasteiger partial charge in [-0.1, -0.05) is 11.6 Å². The number of carboxylic acid groups (broad SMARTS) is 1. The van der Waals surface area contributed by atoms with Gasteiger partial charge in [-0.3, -0.25) is 14.9 Å². The number of rotatable bonds is 8. The van der Waals surface area contributed by atoms with E-state index in [0.29, 0.717) is 5.69 Å². The molecule has 2 aromatic rings. The Morgan fingerprint density at radius 3 is 2.46 bits per heavy atom. The van der Waals surface area contributed by atoms with Gasteiger partial charge >= 0.3 is 5.97 Å². The Kier molecular flexibility index (Phi) is 6.26. The highest BCUT2D eigenvalue weighted by Crippen LogP contribution is 2.25. The van der Waals surface area contributed by atoms with Gasteiger partial charge in [0.05, 0.1) is 10.5 Å². The number of carbonyl (C=O) groups is 2. The largest absolute Gasteiger partial charge is 0.478 e. The molecule has 9 heteroatoms. The smallest absolute Gasteiger partial charge is 0.335 e. The number of nitro groups is 1. The molecule has 0 heterocycles. The number of nitro benzene ring substituents is 1. The minimum atomic E-state index is -1.18. The third-order valence-corrected chi connectivity index (χ3v) is 3.66. The van der Waals surface area contributed by atoms with Crippen molar-refractivity contribution in [2.75, 3.05) is 11.9 Å². The van der Waals surface area contributed by atoms with Gasteiger partial charge in [0, 0.05) is 23.4 Å². The van der Waals surface area contributed by atoms with E-state index in [-0.39, 0.29) is 22.8 Å². The molecule has 1 atom stereocenters. The average molecular weight is 379 g/mol. The van der Waals surface area contributed by atoms with Crippen molar-refractivity contribution in [2.45, 2.75) is 13.2 Å². The van der Waals surface area contributed by atoms with E-state index in [9.17, 15) is 19.7 Å². The maximum absolute atomic E-state index is 12.7. The van der Waals surface area contributed by atoms with Crippen molar-refractivity contribution in [3.8, 4) is 0 Å². The summed E-state index contributed by atoms with van der Waals surface area (Å²) in [5, 5.41) is 23.0. The fourth-order valence-electron chi connectivity index (χ4n) is 2.22. The van der Waals surface area contributed by atoms with Crippen molar-refractivity contribution < 1.29 is 24.4 Å². The van der Waals surface area contributed by atoms with Crippen LogP contribution in [0.2, 0.25) is 5.02 Å². The van der Waals surface area contributed by atoms with Crippen LogP contribution < -0.4 is 5.32 Å². The maximum atomic E-state index is 12.7. The Balaban J connectivity index is 2.30. The van der Waals surface area contributed by atoms with Crippen LogP contribution in [0.4, 0.5) is 11.4 Å². The molecule has 0 aliphatic rings. The van der Waals surface area contributed by atoms with Gasteiger partial charge in [0.15, 0.2) is 6.23 Å². The number of benzene rings is 2. The summed E-state index contributed by atoms with van der Waals surface area (Å²) in [6, 6.07) is 9.42. The van der Waals surface area contributed by atoms with E-state index in [1.165, 1.54) is 36.4 Å². The number of halogens is 1. The highest BCUT2D eigenvalue weighted by Gasteiger charge is 2.28. The molecule has 0 aliphatic carbocycles. The van der Waals surface area contributed by atoms with Gasteiger partial charge in [-0.15, -0.1) is 0 Å². The van der Waals surface area contributed by atoms with E-state index < -0.39 is 28.6 Å². The van der Waals surface area contributed by atoms with E-state index in [0.717, 1.165) is 6.07 Å². The van der Waals surface area contributed by atoms with Crippen LogP contribution in [0.25, 0.3) is 0 Å². The zero-order valence-electron chi connectivity index (χ0n) is 13.6. The maximum Gasteiger partial charge on any atom is 0.335 e. The molecule has 136 valence electrons. The van der Waals surface area contributed by atoms with E-state index in [4.69, 9.17) is 21.4 Å². The Morgan fingerprint density at radius 2 is 1.92 bits per heavy atom. The predicted molar refractivity (Wildman–Crippen MR) is 94.9 cm³/mol. The summed E-state index contributed by atoms with van der Waals surface area (Å²) in [4.78, 5) is 34.1. The van der Waals surface area contributed by atoms with Crippen molar-refractivity contribution >= 4 is 34.7 Å². The Hall–Kier alpha value is -2.97. The summed E-state index contributed by atoms with van der Waals surface area (Å²) in [6.07, 6.45) is -1.18. The predicted octanol–water partition coefficient (Wildman–Crippen LogP) is 3.60. The lowest BCUT2D eigenvalue weighted by Gasteiger charge is -2.19. The minimum Gasteiger partial charge on any atom is -0.478 e. The standard InChI is InChI=1S/C17H15ClN2O6/c1-2-26-16(19-12-6-3-10(4-7-12)17(22)23)15(21)13-8-5-11(18)9-14(13)20(24)25/h3-9,16,19H,2H2,1H3,(H,22,23). The van der Waals surface area contributed by atoms with Gasteiger partial charge in [0.25, 0.3) is 5.69 Å². The van der Waals surface area contributed by atoms with Crippen LogP contribution in [0, 0.1) is 10.1 Å². The highest BCUT2D eigenvalue weighted by molar-refractivity contribution is 6.31. The van der Waals surface area contributed by atoms with E-state index in [1.807, 2.05) is 0 Å². The van der Waals surface area contributed by atoms with E-state index in [2.05, 4.69) is 5.32 Å². The van der Waals surface area contributed by atoms with Crippen LogP contribution in [0.1, 0.15) is 27.6 Å². The van der Waals surface area contributed by atoms with Crippen LogP contribution in [0.5, 0.6) is 0 Å². The van der Waals surface area contributed by atoms with Crippen molar-refractivity contribution in [3.63, 3.8) is 0 Å². The van der Waals surface area contributed by atoms with Gasteiger partial charge in [-0.05, 0) is 43.3 Å². The number of carboxylic acids is 1. The van der Waals surface area contributed by atoms with Gasteiger partial charge < -0.3 is 15.2 Å². The van der Waals surface area contributed by atoms with Gasteiger partial charge in [-0.25, -0.2) is 4.79 Å². The zero-order chi connectivity index (χ0) is 19.3. The van der Waals surface area contributed by atoms with Crippen molar-refractivity contribution in [3.05, 3.63) is 68.7 Å². The molecule has 2 rings (SSSR count). The second-order valence-corrected chi connectivity index (χ2v) is 5.58. The molecule has 8 nitrogen and oxygen atoms in total. The highest BCUT2D eigenvalue weighted by atomic mass is 35.5. The monoisotopic (exact) mass is 378 g/mol. The third-order valence-electron chi connectivity index (χ3n) is 3.42. The van der Waals surface area contributed by atoms with E-state index >= 15 is 0 Å². The average Bonchev–Trinajstić information content (AvgIpc) is 2.61. The number of aromatic carboxylic acids is 1. The number of carbonyl (C=O) groups excluding carboxylic acids is 1. The van der Waals surface area contributed by atoms with Gasteiger partial charge in [0.2, 0.25) is 5.78 Å². The molecule has 0 saturated heterocycles. The van der Waals surface area contributed by atoms with Crippen LogP contribution in [-0.4, -0.2) is 34.6 Å². The number of ketones is 1. The molecule has 0 radical (unpaired) electrons. The first-order valence-corrected chi connectivity index (χ1v) is 7.91. The summed E-state index contributed by atoms with van der Waals surface area (Å²) in [5.74, 6) is -1.72. The quantitative estimate of drug-likeness (QED) is 0.311. The molecule has 0 aliphatic heterocycles. The number of anilines is 1. The van der Waals surface area contributed by atoms with Crippen LogP contribution in [-0.2, 0) is 4.74 Å². The molecule has 2 N–H and O–H groups in total. The number of hydrogen-bond donors (Lipinski definition) is 2. The Bertz CT molecular complexity index is 838. The summed E-state index contributed by atoms with van der Waals surface area (Å²) in [5.41, 5.74) is -0.0515. The lowest BCUT2D eigenvalue weighted by atomic mass is 10.1.